The minimum absolute atomic E-state index is 0.0273. The summed E-state index contributed by atoms with van der Waals surface area (Å²) in [5, 5.41) is 7.39. The summed E-state index contributed by atoms with van der Waals surface area (Å²) in [6.07, 6.45) is 1.97. The van der Waals surface area contributed by atoms with E-state index < -0.39 is 0 Å². The van der Waals surface area contributed by atoms with E-state index in [0.29, 0.717) is 52.5 Å². The number of carbonyl (C=O) groups excluding carboxylic acids is 1. The van der Waals surface area contributed by atoms with Crippen LogP contribution in [0.4, 0.5) is 23.1 Å². The Morgan fingerprint density at radius 1 is 0.967 bits per heavy atom. The second-order valence-corrected chi connectivity index (χ2v) is 7.73. The first-order chi connectivity index (χ1) is 14.5. The number of carbonyl (C=O) groups is 1. The summed E-state index contributed by atoms with van der Waals surface area (Å²) in [7, 11) is 0. The van der Waals surface area contributed by atoms with Crippen LogP contribution in [-0.4, -0.2) is 22.4 Å². The van der Waals surface area contributed by atoms with Gasteiger partial charge in [0.15, 0.2) is 5.78 Å². The van der Waals surface area contributed by atoms with Gasteiger partial charge in [0, 0.05) is 27.8 Å². The van der Waals surface area contributed by atoms with Gasteiger partial charge in [0.25, 0.3) is 0 Å². The molecule has 0 fully saturated rings. The molecule has 2 N–H and O–H groups in total. The molecule has 4 rings (SSSR count). The molecule has 3 aromatic rings. The molecule has 1 aliphatic rings. The second-order valence-electron chi connectivity index (χ2n) is 6.86. The van der Waals surface area contributed by atoms with E-state index in [9.17, 15) is 4.79 Å². The number of benzene rings is 2. The molecule has 1 heterocycles. The number of nitrogens with zero attached hydrogens (tertiary/aromatic N) is 2. The van der Waals surface area contributed by atoms with Gasteiger partial charge in [0.1, 0.15) is 11.6 Å². The Hall–Kier alpha value is -2.83. The number of hydrogen-bond acceptors (Lipinski definition) is 6. The Labute approximate surface area is 184 Å². The van der Waals surface area contributed by atoms with E-state index in [0.717, 1.165) is 23.6 Å². The smallest absolute Gasteiger partial charge is 0.229 e. The Morgan fingerprint density at radius 3 is 2.40 bits per heavy atom. The molecular formula is C22H20Cl2N4O2. The van der Waals surface area contributed by atoms with Crippen LogP contribution in [-0.2, 0) is 6.42 Å². The van der Waals surface area contributed by atoms with Gasteiger partial charge in [-0.15, -0.1) is 0 Å². The summed E-state index contributed by atoms with van der Waals surface area (Å²) >= 11 is 12.2. The number of aryl methyl sites for hydroxylation is 1. The van der Waals surface area contributed by atoms with E-state index in [1.54, 1.807) is 18.2 Å². The molecule has 30 heavy (non-hydrogen) atoms. The number of anilines is 4. The van der Waals surface area contributed by atoms with Crippen LogP contribution in [0.15, 0.2) is 42.5 Å². The number of halogens is 2. The van der Waals surface area contributed by atoms with Gasteiger partial charge in [-0.25, -0.2) is 4.98 Å². The standard InChI is InChI=1S/C22H20Cl2N4O2/c1-2-30-17-8-6-15(7-9-17)26-22-27-18-4-3-5-19(29)20(18)21(28-22)25-16-11-13(23)10-14(24)12-16/h6-12H,2-5H2,1H3,(H2,25,26,27,28). The summed E-state index contributed by atoms with van der Waals surface area (Å²) in [5.74, 6) is 1.67. The van der Waals surface area contributed by atoms with Crippen LogP contribution in [0.5, 0.6) is 5.75 Å². The zero-order valence-corrected chi connectivity index (χ0v) is 17.8. The van der Waals surface area contributed by atoms with Gasteiger partial charge < -0.3 is 15.4 Å². The SMILES string of the molecule is CCOc1ccc(Nc2nc3c(c(Nc4cc(Cl)cc(Cl)c4)n2)C(=O)CCC3)cc1. The fourth-order valence-electron chi connectivity index (χ4n) is 3.36. The molecule has 0 atom stereocenters. The van der Waals surface area contributed by atoms with E-state index >= 15 is 0 Å². The first-order valence-electron chi connectivity index (χ1n) is 9.69. The normalized spacial score (nSPS) is 13.0. The molecule has 0 unspecified atom stereocenters. The lowest BCUT2D eigenvalue weighted by Crippen LogP contribution is -2.17. The highest BCUT2D eigenvalue weighted by molar-refractivity contribution is 6.35. The maximum Gasteiger partial charge on any atom is 0.229 e. The Morgan fingerprint density at radius 2 is 1.70 bits per heavy atom. The molecule has 2 aromatic carbocycles. The highest BCUT2D eigenvalue weighted by Gasteiger charge is 2.25. The van der Waals surface area contributed by atoms with Crippen LogP contribution in [0.1, 0.15) is 35.8 Å². The van der Waals surface area contributed by atoms with Crippen molar-refractivity contribution in [3.05, 3.63) is 63.8 Å². The summed E-state index contributed by atoms with van der Waals surface area (Å²) < 4.78 is 5.47. The van der Waals surface area contributed by atoms with Crippen molar-refractivity contribution in [2.24, 2.45) is 0 Å². The number of hydrogen-bond donors (Lipinski definition) is 2. The van der Waals surface area contributed by atoms with Crippen LogP contribution in [0.3, 0.4) is 0 Å². The zero-order chi connectivity index (χ0) is 21.1. The minimum Gasteiger partial charge on any atom is -0.494 e. The molecule has 0 amide bonds. The first-order valence-corrected chi connectivity index (χ1v) is 10.4. The Bertz CT molecular complexity index is 1070. The van der Waals surface area contributed by atoms with Crippen molar-refractivity contribution in [1.82, 2.24) is 9.97 Å². The fourth-order valence-corrected chi connectivity index (χ4v) is 3.89. The first kappa shape index (κ1) is 20.4. The minimum atomic E-state index is 0.0273. The molecule has 0 aliphatic heterocycles. The van der Waals surface area contributed by atoms with Gasteiger partial charge >= 0.3 is 0 Å². The molecule has 1 aliphatic carbocycles. The van der Waals surface area contributed by atoms with Gasteiger partial charge in [-0.1, -0.05) is 23.2 Å². The molecule has 154 valence electrons. The van der Waals surface area contributed by atoms with Crippen molar-refractivity contribution < 1.29 is 9.53 Å². The molecule has 6 nitrogen and oxygen atoms in total. The van der Waals surface area contributed by atoms with Crippen LogP contribution in [0, 0.1) is 0 Å². The lowest BCUT2D eigenvalue weighted by Gasteiger charge is -2.19. The van der Waals surface area contributed by atoms with Crippen molar-refractivity contribution in [3.8, 4) is 5.75 Å². The summed E-state index contributed by atoms with van der Waals surface area (Å²) in [4.78, 5) is 21.8. The molecule has 1 aromatic heterocycles. The Balaban J connectivity index is 1.68. The summed E-state index contributed by atoms with van der Waals surface area (Å²) in [5.41, 5.74) is 2.72. The zero-order valence-electron chi connectivity index (χ0n) is 16.3. The monoisotopic (exact) mass is 442 g/mol. The molecule has 0 bridgehead atoms. The number of ketones is 1. The molecule has 0 saturated heterocycles. The number of rotatable bonds is 6. The topological polar surface area (TPSA) is 76.1 Å². The van der Waals surface area contributed by atoms with Crippen LogP contribution < -0.4 is 15.4 Å². The fraction of sp³-hybridized carbons (Fsp3) is 0.227. The lowest BCUT2D eigenvalue weighted by molar-refractivity contribution is 0.0972. The third-order valence-corrected chi connectivity index (χ3v) is 5.06. The molecule has 0 saturated carbocycles. The number of Topliss-reactive ketones (excluding diaryl/α,β-unsaturated/α-hetero) is 1. The number of nitrogens with one attached hydrogen (secondary N) is 2. The second kappa shape index (κ2) is 8.90. The molecular weight excluding hydrogens is 423 g/mol. The van der Waals surface area contributed by atoms with E-state index in [-0.39, 0.29) is 5.78 Å². The van der Waals surface area contributed by atoms with Crippen molar-refractivity contribution in [2.75, 3.05) is 17.2 Å². The predicted octanol–water partition coefficient (Wildman–Crippen LogP) is 6.19. The van der Waals surface area contributed by atoms with E-state index in [1.807, 2.05) is 31.2 Å². The largest absolute Gasteiger partial charge is 0.494 e. The van der Waals surface area contributed by atoms with Crippen molar-refractivity contribution in [2.45, 2.75) is 26.2 Å². The predicted molar refractivity (Wildman–Crippen MR) is 120 cm³/mol. The van der Waals surface area contributed by atoms with Gasteiger partial charge in [-0.3, -0.25) is 4.79 Å². The lowest BCUT2D eigenvalue weighted by atomic mass is 9.95. The molecule has 0 radical (unpaired) electrons. The van der Waals surface area contributed by atoms with Crippen LogP contribution >= 0.6 is 23.2 Å². The number of ether oxygens (including phenoxy) is 1. The van der Waals surface area contributed by atoms with Crippen molar-refractivity contribution in [3.63, 3.8) is 0 Å². The molecule has 0 spiro atoms. The third kappa shape index (κ3) is 4.66. The molecule has 8 heteroatoms. The van der Waals surface area contributed by atoms with Gasteiger partial charge in [-0.2, -0.15) is 4.98 Å². The summed E-state index contributed by atoms with van der Waals surface area (Å²) in [6, 6.07) is 12.6. The third-order valence-electron chi connectivity index (χ3n) is 4.63. The summed E-state index contributed by atoms with van der Waals surface area (Å²) in [6.45, 7) is 2.55. The van der Waals surface area contributed by atoms with Crippen LogP contribution in [0.2, 0.25) is 10.0 Å². The maximum atomic E-state index is 12.6. The highest BCUT2D eigenvalue weighted by atomic mass is 35.5. The van der Waals surface area contributed by atoms with Crippen molar-refractivity contribution in [1.29, 1.82) is 0 Å². The highest BCUT2D eigenvalue weighted by Crippen LogP contribution is 2.31. The number of aromatic nitrogens is 2. The van der Waals surface area contributed by atoms with E-state index in [4.69, 9.17) is 27.9 Å². The average molecular weight is 443 g/mol. The van der Waals surface area contributed by atoms with Crippen LogP contribution in [0.25, 0.3) is 0 Å². The van der Waals surface area contributed by atoms with Crippen molar-refractivity contribution >= 4 is 52.1 Å². The quantitative estimate of drug-likeness (QED) is 0.473. The number of fused-ring (bicyclic) bond motifs is 1. The van der Waals surface area contributed by atoms with Gasteiger partial charge in [0.05, 0.1) is 17.9 Å². The van der Waals surface area contributed by atoms with Gasteiger partial charge in [-0.05, 0) is 62.2 Å². The van der Waals surface area contributed by atoms with Gasteiger partial charge in [0.2, 0.25) is 5.95 Å². The average Bonchev–Trinajstić information content (AvgIpc) is 2.69. The Kier molecular flexibility index (Phi) is 6.06. The maximum absolute atomic E-state index is 12.6. The van der Waals surface area contributed by atoms with E-state index in [1.165, 1.54) is 0 Å². The van der Waals surface area contributed by atoms with E-state index in [2.05, 4.69) is 20.6 Å².